The standard InChI is InChI=1S/C11H14Cl2N2O2S/c1-11(5-16,6-17)15-10(18)14-7-2-3-8(12)9(13)4-7/h2-4,16-17H,5-6H2,1H3,(H2,14,15,18). The van der Waals surface area contributed by atoms with E-state index in [1.54, 1.807) is 25.1 Å². The average Bonchev–Trinajstić information content (AvgIpc) is 2.33. The smallest absolute Gasteiger partial charge is 0.171 e. The zero-order valence-corrected chi connectivity index (χ0v) is 12.0. The average molecular weight is 309 g/mol. The molecule has 0 aromatic heterocycles. The van der Waals surface area contributed by atoms with Crippen LogP contribution in [0.25, 0.3) is 0 Å². The van der Waals surface area contributed by atoms with E-state index in [2.05, 4.69) is 10.6 Å². The van der Waals surface area contributed by atoms with Crippen LogP contribution in [0.2, 0.25) is 10.0 Å². The topological polar surface area (TPSA) is 64.5 Å². The molecule has 0 unspecified atom stereocenters. The molecule has 0 heterocycles. The van der Waals surface area contributed by atoms with Gasteiger partial charge in [-0.15, -0.1) is 0 Å². The molecule has 1 aromatic rings. The van der Waals surface area contributed by atoms with Crippen LogP contribution in [0.4, 0.5) is 5.69 Å². The Labute approximate surface area is 121 Å². The lowest BCUT2D eigenvalue weighted by molar-refractivity contribution is 0.120. The molecule has 7 heteroatoms. The van der Waals surface area contributed by atoms with Gasteiger partial charge in [-0.3, -0.25) is 0 Å². The highest BCUT2D eigenvalue weighted by atomic mass is 35.5. The van der Waals surface area contributed by atoms with Crippen molar-refractivity contribution >= 4 is 46.2 Å². The summed E-state index contributed by atoms with van der Waals surface area (Å²) < 4.78 is 0. The Balaban J connectivity index is 2.67. The SMILES string of the molecule is CC(CO)(CO)NC(=S)Nc1ccc(Cl)c(Cl)c1. The molecule has 1 rings (SSSR count). The van der Waals surface area contributed by atoms with E-state index in [4.69, 9.17) is 45.6 Å². The Kier molecular flexibility index (Phi) is 5.62. The second kappa shape index (κ2) is 6.54. The third kappa shape index (κ3) is 4.26. The molecule has 0 aliphatic rings. The summed E-state index contributed by atoms with van der Waals surface area (Å²) in [5.41, 5.74) is -0.208. The molecular formula is C11H14Cl2N2O2S. The third-order valence-electron chi connectivity index (χ3n) is 2.29. The van der Waals surface area contributed by atoms with E-state index >= 15 is 0 Å². The summed E-state index contributed by atoms with van der Waals surface area (Å²) in [6, 6.07) is 5.00. The van der Waals surface area contributed by atoms with Gasteiger partial charge in [-0.1, -0.05) is 23.2 Å². The summed E-state index contributed by atoms with van der Waals surface area (Å²) in [6.07, 6.45) is 0. The number of aliphatic hydroxyl groups is 2. The third-order valence-corrected chi connectivity index (χ3v) is 3.23. The quantitative estimate of drug-likeness (QED) is 0.641. The van der Waals surface area contributed by atoms with Crippen molar-refractivity contribution in [3.8, 4) is 0 Å². The summed E-state index contributed by atoms with van der Waals surface area (Å²) in [4.78, 5) is 0. The minimum Gasteiger partial charge on any atom is -0.394 e. The molecule has 4 N–H and O–H groups in total. The fourth-order valence-electron chi connectivity index (χ4n) is 1.14. The maximum Gasteiger partial charge on any atom is 0.171 e. The van der Waals surface area contributed by atoms with Crippen molar-refractivity contribution < 1.29 is 10.2 Å². The number of hydrogen-bond donors (Lipinski definition) is 4. The predicted octanol–water partition coefficient (Wildman–Crippen LogP) is 2.02. The highest BCUT2D eigenvalue weighted by molar-refractivity contribution is 7.80. The van der Waals surface area contributed by atoms with Gasteiger partial charge in [0.2, 0.25) is 0 Å². The second-order valence-electron chi connectivity index (χ2n) is 4.08. The number of rotatable bonds is 4. The molecule has 0 fully saturated rings. The van der Waals surface area contributed by atoms with Crippen LogP contribution in [0.15, 0.2) is 18.2 Å². The van der Waals surface area contributed by atoms with E-state index in [0.717, 1.165) is 0 Å². The Hall–Kier alpha value is -0.590. The van der Waals surface area contributed by atoms with Crippen LogP contribution in [-0.4, -0.2) is 34.1 Å². The maximum atomic E-state index is 9.13. The second-order valence-corrected chi connectivity index (χ2v) is 5.31. The van der Waals surface area contributed by atoms with Crippen LogP contribution in [0.1, 0.15) is 6.92 Å². The summed E-state index contributed by atoms with van der Waals surface area (Å²) in [5.74, 6) is 0. The summed E-state index contributed by atoms with van der Waals surface area (Å²) >= 11 is 16.7. The molecule has 0 aliphatic carbocycles. The lowest BCUT2D eigenvalue weighted by Crippen LogP contribution is -2.53. The number of nitrogens with one attached hydrogen (secondary N) is 2. The molecule has 1 aromatic carbocycles. The van der Waals surface area contributed by atoms with Crippen LogP contribution in [0, 0.1) is 0 Å². The molecule has 0 aliphatic heterocycles. The molecule has 100 valence electrons. The van der Waals surface area contributed by atoms with Gasteiger partial charge in [-0.05, 0) is 37.3 Å². The fraction of sp³-hybridized carbons (Fsp3) is 0.364. The Morgan fingerprint density at radius 2 is 1.89 bits per heavy atom. The van der Waals surface area contributed by atoms with Crippen molar-refractivity contribution in [1.82, 2.24) is 5.32 Å². The number of anilines is 1. The van der Waals surface area contributed by atoms with Crippen LogP contribution in [0.5, 0.6) is 0 Å². The van der Waals surface area contributed by atoms with E-state index < -0.39 is 5.54 Å². The molecule has 0 radical (unpaired) electrons. The van der Waals surface area contributed by atoms with Crippen LogP contribution >= 0.6 is 35.4 Å². The normalized spacial score (nSPS) is 11.2. The van der Waals surface area contributed by atoms with Gasteiger partial charge in [0.1, 0.15) is 0 Å². The molecule has 0 saturated heterocycles. The van der Waals surface area contributed by atoms with Gasteiger partial charge in [-0.2, -0.15) is 0 Å². The van der Waals surface area contributed by atoms with E-state index in [-0.39, 0.29) is 18.3 Å². The maximum absolute atomic E-state index is 9.13. The molecular weight excluding hydrogens is 295 g/mol. The minimum atomic E-state index is -0.875. The number of halogens is 2. The van der Waals surface area contributed by atoms with Crippen molar-refractivity contribution in [2.24, 2.45) is 0 Å². The minimum absolute atomic E-state index is 0.243. The molecule has 0 saturated carbocycles. The first-order chi connectivity index (χ1) is 8.40. The molecule has 18 heavy (non-hydrogen) atoms. The van der Waals surface area contributed by atoms with Crippen molar-refractivity contribution in [2.45, 2.75) is 12.5 Å². The zero-order valence-electron chi connectivity index (χ0n) is 9.70. The van der Waals surface area contributed by atoms with E-state index in [0.29, 0.717) is 15.7 Å². The summed E-state index contributed by atoms with van der Waals surface area (Å²) in [6.45, 7) is 1.16. The van der Waals surface area contributed by atoms with E-state index in [9.17, 15) is 0 Å². The fourth-order valence-corrected chi connectivity index (χ4v) is 1.80. The van der Waals surface area contributed by atoms with Crippen LogP contribution in [-0.2, 0) is 0 Å². The van der Waals surface area contributed by atoms with Gasteiger partial charge in [0.15, 0.2) is 5.11 Å². The highest BCUT2D eigenvalue weighted by Crippen LogP contribution is 2.24. The van der Waals surface area contributed by atoms with Gasteiger partial charge in [0.05, 0.1) is 28.8 Å². The predicted molar refractivity (Wildman–Crippen MR) is 78.4 cm³/mol. The number of hydrogen-bond acceptors (Lipinski definition) is 3. The Morgan fingerprint density at radius 3 is 2.39 bits per heavy atom. The van der Waals surface area contributed by atoms with Crippen molar-refractivity contribution in [3.05, 3.63) is 28.2 Å². The van der Waals surface area contributed by atoms with Crippen LogP contribution in [0.3, 0.4) is 0 Å². The molecule has 4 nitrogen and oxygen atoms in total. The lowest BCUT2D eigenvalue weighted by Gasteiger charge is -2.27. The van der Waals surface area contributed by atoms with Crippen molar-refractivity contribution in [3.63, 3.8) is 0 Å². The monoisotopic (exact) mass is 308 g/mol. The number of aliphatic hydroxyl groups excluding tert-OH is 2. The first kappa shape index (κ1) is 15.5. The number of benzene rings is 1. The summed E-state index contributed by atoms with van der Waals surface area (Å²) in [5, 5.41) is 25.1. The van der Waals surface area contributed by atoms with Crippen LogP contribution < -0.4 is 10.6 Å². The first-order valence-electron chi connectivity index (χ1n) is 5.16. The molecule has 0 amide bonds. The van der Waals surface area contributed by atoms with Gasteiger partial charge in [-0.25, -0.2) is 0 Å². The zero-order chi connectivity index (χ0) is 13.8. The van der Waals surface area contributed by atoms with E-state index in [1.807, 2.05) is 0 Å². The first-order valence-corrected chi connectivity index (χ1v) is 6.32. The Bertz CT molecular complexity index is 439. The van der Waals surface area contributed by atoms with Gasteiger partial charge >= 0.3 is 0 Å². The van der Waals surface area contributed by atoms with E-state index in [1.165, 1.54) is 0 Å². The highest BCUT2D eigenvalue weighted by Gasteiger charge is 2.22. The van der Waals surface area contributed by atoms with Gasteiger partial charge in [0, 0.05) is 5.69 Å². The van der Waals surface area contributed by atoms with Gasteiger partial charge in [0.25, 0.3) is 0 Å². The Morgan fingerprint density at radius 1 is 1.28 bits per heavy atom. The number of thiocarbonyl (C=S) groups is 1. The van der Waals surface area contributed by atoms with Crippen molar-refractivity contribution in [1.29, 1.82) is 0 Å². The van der Waals surface area contributed by atoms with Gasteiger partial charge < -0.3 is 20.8 Å². The molecule has 0 atom stereocenters. The lowest BCUT2D eigenvalue weighted by atomic mass is 10.1. The summed E-state index contributed by atoms with van der Waals surface area (Å²) in [7, 11) is 0. The molecule has 0 bridgehead atoms. The molecule has 0 spiro atoms. The van der Waals surface area contributed by atoms with Crippen molar-refractivity contribution in [2.75, 3.05) is 18.5 Å². The largest absolute Gasteiger partial charge is 0.394 e.